The summed E-state index contributed by atoms with van der Waals surface area (Å²) in [6.45, 7) is 11.7. The van der Waals surface area contributed by atoms with Crippen molar-refractivity contribution in [3.8, 4) is 0 Å². The first-order chi connectivity index (χ1) is 17.1. The second kappa shape index (κ2) is 14.7. The normalized spacial score (nSPS) is 18.3. The van der Waals surface area contributed by atoms with Crippen LogP contribution >= 0.6 is 0 Å². The third kappa shape index (κ3) is 9.51. The topological polar surface area (TPSA) is 95.7 Å². The SMILES string of the molecule is CCCCCC1Cc2ccccc2N(C(=O)CC(C)(C)C[C@H](N)[C@@H](O)C[C@@H](C)C(=O)NCCCC)C1. The highest BCUT2D eigenvalue weighted by Crippen LogP contribution is 2.35. The quantitative estimate of drug-likeness (QED) is 0.288. The molecule has 1 aromatic rings. The number of carbonyl (C=O) groups excluding carboxylic acids is 2. The minimum atomic E-state index is -0.787. The summed E-state index contributed by atoms with van der Waals surface area (Å²) in [6, 6.07) is 7.79. The molecule has 0 saturated heterocycles. The monoisotopic (exact) mass is 501 g/mol. The van der Waals surface area contributed by atoms with Gasteiger partial charge in [0.2, 0.25) is 11.8 Å². The molecular formula is C30H51N3O3. The Hall–Kier alpha value is -1.92. The number of para-hydroxylation sites is 1. The number of nitrogens with one attached hydrogen (secondary N) is 1. The van der Waals surface area contributed by atoms with Gasteiger partial charge in [0, 0.05) is 37.2 Å². The van der Waals surface area contributed by atoms with Gasteiger partial charge in [-0.1, -0.05) is 78.5 Å². The number of rotatable bonds is 15. The lowest BCUT2D eigenvalue weighted by atomic mass is 9.79. The Kier molecular flexibility index (Phi) is 12.4. The van der Waals surface area contributed by atoms with Gasteiger partial charge in [-0.15, -0.1) is 0 Å². The molecule has 36 heavy (non-hydrogen) atoms. The van der Waals surface area contributed by atoms with E-state index < -0.39 is 12.1 Å². The fraction of sp³-hybridized carbons (Fsp3) is 0.733. The van der Waals surface area contributed by atoms with E-state index in [1.807, 2.05) is 31.7 Å². The molecule has 1 heterocycles. The third-order valence-corrected chi connectivity index (χ3v) is 7.53. The summed E-state index contributed by atoms with van der Waals surface area (Å²) in [5, 5.41) is 13.6. The van der Waals surface area contributed by atoms with Crippen LogP contribution in [0.3, 0.4) is 0 Å². The second-order valence-electron chi connectivity index (χ2n) is 11.8. The third-order valence-electron chi connectivity index (χ3n) is 7.53. The van der Waals surface area contributed by atoms with E-state index in [9.17, 15) is 14.7 Å². The number of fused-ring (bicyclic) bond motifs is 1. The van der Waals surface area contributed by atoms with Crippen molar-refractivity contribution in [3.63, 3.8) is 0 Å². The van der Waals surface area contributed by atoms with E-state index in [-0.39, 0.29) is 23.1 Å². The molecule has 4 N–H and O–H groups in total. The largest absolute Gasteiger partial charge is 0.391 e. The zero-order chi connectivity index (χ0) is 26.7. The number of carbonyl (C=O) groups is 2. The molecule has 2 amide bonds. The number of unbranched alkanes of at least 4 members (excludes halogenated alkanes) is 3. The Labute approximate surface area is 219 Å². The molecule has 2 rings (SSSR count). The lowest BCUT2D eigenvalue weighted by Crippen LogP contribution is -2.44. The summed E-state index contributed by atoms with van der Waals surface area (Å²) in [4.78, 5) is 27.8. The number of nitrogens with two attached hydrogens (primary N) is 1. The van der Waals surface area contributed by atoms with E-state index in [0.29, 0.717) is 31.7 Å². The van der Waals surface area contributed by atoms with Crippen molar-refractivity contribution in [2.75, 3.05) is 18.0 Å². The summed E-state index contributed by atoms with van der Waals surface area (Å²) in [6.07, 6.45) is 8.22. The highest BCUT2D eigenvalue weighted by Gasteiger charge is 2.34. The standard InChI is InChI=1S/C30H51N3O3/c1-6-8-10-13-23-18-24-14-11-12-15-26(24)33(21-23)28(35)20-30(4,5)19-25(31)27(34)17-22(3)29(36)32-16-9-7-2/h11-12,14-15,22-23,25,27,34H,6-10,13,16-21,31H2,1-5H3,(H,32,36)/t22-,23?,25+,27+/m1/s1. The molecule has 0 fully saturated rings. The summed E-state index contributed by atoms with van der Waals surface area (Å²) < 4.78 is 0. The van der Waals surface area contributed by atoms with Crippen LogP contribution in [0.4, 0.5) is 5.69 Å². The number of aliphatic hydroxyl groups is 1. The van der Waals surface area contributed by atoms with Crippen molar-refractivity contribution in [1.29, 1.82) is 0 Å². The van der Waals surface area contributed by atoms with Crippen LogP contribution in [0.2, 0.25) is 0 Å². The summed E-state index contributed by atoms with van der Waals surface area (Å²) in [5.74, 6) is 0.272. The predicted molar refractivity (Wildman–Crippen MR) is 149 cm³/mol. The fourth-order valence-corrected chi connectivity index (χ4v) is 5.35. The molecule has 1 aromatic carbocycles. The maximum atomic E-state index is 13.6. The van der Waals surface area contributed by atoms with Crippen molar-refractivity contribution in [1.82, 2.24) is 5.32 Å². The first kappa shape index (κ1) is 30.3. The smallest absolute Gasteiger partial charge is 0.227 e. The van der Waals surface area contributed by atoms with E-state index >= 15 is 0 Å². The molecule has 204 valence electrons. The number of hydrogen-bond acceptors (Lipinski definition) is 4. The first-order valence-corrected chi connectivity index (χ1v) is 14.2. The summed E-state index contributed by atoms with van der Waals surface area (Å²) in [7, 11) is 0. The van der Waals surface area contributed by atoms with Gasteiger partial charge in [-0.05, 0) is 55.1 Å². The summed E-state index contributed by atoms with van der Waals surface area (Å²) in [5.41, 5.74) is 8.32. The van der Waals surface area contributed by atoms with Gasteiger partial charge in [-0.2, -0.15) is 0 Å². The number of anilines is 1. The maximum absolute atomic E-state index is 13.6. The van der Waals surface area contributed by atoms with Crippen molar-refractivity contribution in [3.05, 3.63) is 29.8 Å². The van der Waals surface area contributed by atoms with Gasteiger partial charge >= 0.3 is 0 Å². The van der Waals surface area contributed by atoms with E-state index in [1.165, 1.54) is 24.8 Å². The molecular weight excluding hydrogens is 450 g/mol. The van der Waals surface area contributed by atoms with Crippen LogP contribution in [0.15, 0.2) is 24.3 Å². The Bertz CT molecular complexity index is 825. The van der Waals surface area contributed by atoms with Gasteiger partial charge in [0.25, 0.3) is 0 Å². The van der Waals surface area contributed by atoms with Crippen LogP contribution in [-0.2, 0) is 16.0 Å². The molecule has 4 atom stereocenters. The molecule has 0 spiro atoms. The number of aliphatic hydroxyl groups excluding tert-OH is 1. The van der Waals surface area contributed by atoms with Crippen LogP contribution in [0.1, 0.15) is 98.0 Å². The van der Waals surface area contributed by atoms with Crippen LogP contribution in [0.25, 0.3) is 0 Å². The number of nitrogens with zero attached hydrogens (tertiary/aromatic N) is 1. The second-order valence-corrected chi connectivity index (χ2v) is 11.8. The fourth-order valence-electron chi connectivity index (χ4n) is 5.35. The van der Waals surface area contributed by atoms with Crippen LogP contribution in [0, 0.1) is 17.3 Å². The average Bonchev–Trinajstić information content (AvgIpc) is 2.83. The molecule has 0 radical (unpaired) electrons. The Morgan fingerprint density at radius 3 is 2.56 bits per heavy atom. The Morgan fingerprint density at radius 2 is 1.86 bits per heavy atom. The zero-order valence-corrected chi connectivity index (χ0v) is 23.4. The highest BCUT2D eigenvalue weighted by atomic mass is 16.3. The van der Waals surface area contributed by atoms with Gasteiger partial charge in [0.05, 0.1) is 6.10 Å². The van der Waals surface area contributed by atoms with Gasteiger partial charge in [0.1, 0.15) is 0 Å². The van der Waals surface area contributed by atoms with Crippen LogP contribution in [0.5, 0.6) is 0 Å². The van der Waals surface area contributed by atoms with Gasteiger partial charge in [-0.25, -0.2) is 0 Å². The first-order valence-electron chi connectivity index (χ1n) is 14.2. The molecule has 1 unspecified atom stereocenters. The van der Waals surface area contributed by atoms with Crippen molar-refractivity contribution in [2.24, 2.45) is 23.0 Å². The van der Waals surface area contributed by atoms with E-state index in [1.54, 1.807) is 0 Å². The lowest BCUT2D eigenvalue weighted by Gasteiger charge is -2.37. The minimum absolute atomic E-state index is 0.0404. The van der Waals surface area contributed by atoms with Gasteiger partial charge in [-0.3, -0.25) is 9.59 Å². The van der Waals surface area contributed by atoms with E-state index in [2.05, 4.69) is 37.4 Å². The van der Waals surface area contributed by atoms with Crippen LogP contribution < -0.4 is 16.0 Å². The molecule has 1 aliphatic rings. The Morgan fingerprint density at radius 1 is 1.17 bits per heavy atom. The predicted octanol–water partition coefficient (Wildman–Crippen LogP) is 5.21. The van der Waals surface area contributed by atoms with Crippen LogP contribution in [-0.4, -0.2) is 42.2 Å². The Balaban J connectivity index is 1.96. The number of benzene rings is 1. The molecule has 0 aliphatic carbocycles. The number of amides is 2. The molecule has 0 saturated carbocycles. The van der Waals surface area contributed by atoms with Gasteiger partial charge in [0.15, 0.2) is 0 Å². The summed E-state index contributed by atoms with van der Waals surface area (Å²) >= 11 is 0. The molecule has 0 bridgehead atoms. The highest BCUT2D eigenvalue weighted by molar-refractivity contribution is 5.95. The molecule has 1 aliphatic heterocycles. The zero-order valence-electron chi connectivity index (χ0n) is 23.4. The number of hydrogen-bond donors (Lipinski definition) is 3. The van der Waals surface area contributed by atoms with Crippen molar-refractivity contribution >= 4 is 17.5 Å². The van der Waals surface area contributed by atoms with Gasteiger partial charge < -0.3 is 21.1 Å². The van der Waals surface area contributed by atoms with E-state index in [4.69, 9.17) is 5.73 Å². The van der Waals surface area contributed by atoms with Crippen molar-refractivity contribution < 1.29 is 14.7 Å². The minimum Gasteiger partial charge on any atom is -0.391 e. The molecule has 0 aromatic heterocycles. The molecule has 6 nitrogen and oxygen atoms in total. The maximum Gasteiger partial charge on any atom is 0.227 e. The van der Waals surface area contributed by atoms with Crippen molar-refractivity contribution in [2.45, 2.75) is 111 Å². The van der Waals surface area contributed by atoms with E-state index in [0.717, 1.165) is 37.9 Å². The lowest BCUT2D eigenvalue weighted by molar-refractivity contribution is -0.125. The molecule has 6 heteroatoms. The average molecular weight is 502 g/mol.